The number of fused-ring (bicyclic) bond motifs is 7. The van der Waals surface area contributed by atoms with E-state index in [1.54, 1.807) is 0 Å². The number of hydrogen-bond acceptors (Lipinski definition) is 5. The van der Waals surface area contributed by atoms with Gasteiger partial charge in [-0.05, 0) is 85.9 Å². The Labute approximate surface area is 175 Å². The van der Waals surface area contributed by atoms with E-state index in [1.807, 2.05) is 0 Å². The molecule has 5 aliphatic rings. The summed E-state index contributed by atoms with van der Waals surface area (Å²) in [5.41, 5.74) is 0.527. The molecule has 0 aromatic carbocycles. The highest BCUT2D eigenvalue weighted by Gasteiger charge is 2.66. The fourth-order valence-corrected chi connectivity index (χ4v) is 9.67. The van der Waals surface area contributed by atoms with Gasteiger partial charge in [-0.25, -0.2) is 0 Å². The van der Waals surface area contributed by atoms with Crippen LogP contribution in [0.15, 0.2) is 0 Å². The first kappa shape index (κ1) is 20.3. The monoisotopic (exact) mass is 424 g/mol. The average molecular weight is 425 g/mol. The van der Waals surface area contributed by atoms with Crippen LogP contribution in [0.5, 0.6) is 0 Å². The SMILES string of the molecule is C[C@@H]1C(=O)O[C@H]2C[C@H]3[C@@H]4CC[C@H]5C[C@@H](OS(C)(=O)=O)CC[C@]5(C)[C@H]4CC[C@]3(C)[C@H]21. The van der Waals surface area contributed by atoms with Crippen LogP contribution in [0.4, 0.5) is 0 Å². The van der Waals surface area contributed by atoms with Crippen LogP contribution < -0.4 is 0 Å². The third kappa shape index (κ3) is 2.95. The lowest BCUT2D eigenvalue weighted by Crippen LogP contribution is -2.54. The largest absolute Gasteiger partial charge is 0.462 e. The van der Waals surface area contributed by atoms with Crippen molar-refractivity contribution in [1.29, 1.82) is 0 Å². The first-order valence-corrected chi connectivity index (χ1v) is 13.4. The summed E-state index contributed by atoms with van der Waals surface area (Å²) in [6.07, 6.45) is 9.88. The van der Waals surface area contributed by atoms with Gasteiger partial charge in [0, 0.05) is 5.92 Å². The second-order valence-electron chi connectivity index (χ2n) is 11.4. The molecule has 0 bridgehead atoms. The summed E-state index contributed by atoms with van der Waals surface area (Å²) in [6.45, 7) is 7.00. The van der Waals surface area contributed by atoms with Crippen molar-refractivity contribution in [2.24, 2.45) is 46.3 Å². The molecule has 0 aromatic rings. The highest BCUT2D eigenvalue weighted by Crippen LogP contribution is 2.69. The van der Waals surface area contributed by atoms with Gasteiger partial charge in [-0.3, -0.25) is 8.98 Å². The predicted molar refractivity (Wildman–Crippen MR) is 109 cm³/mol. The molecule has 5 nitrogen and oxygen atoms in total. The first-order valence-electron chi connectivity index (χ1n) is 11.6. The number of carbonyl (C=O) groups is 1. The van der Waals surface area contributed by atoms with Gasteiger partial charge in [-0.15, -0.1) is 0 Å². The Morgan fingerprint density at radius 2 is 1.72 bits per heavy atom. The molecule has 0 aromatic heterocycles. The zero-order chi connectivity index (χ0) is 20.8. The second-order valence-corrected chi connectivity index (χ2v) is 13.0. The maximum atomic E-state index is 12.2. The summed E-state index contributed by atoms with van der Waals surface area (Å²) in [7, 11) is -3.38. The maximum absolute atomic E-state index is 12.2. The third-order valence-corrected chi connectivity index (χ3v) is 10.8. The minimum Gasteiger partial charge on any atom is -0.462 e. The van der Waals surface area contributed by atoms with E-state index in [9.17, 15) is 13.2 Å². The summed E-state index contributed by atoms with van der Waals surface area (Å²) in [5.74, 6) is 3.11. The van der Waals surface area contributed by atoms with Gasteiger partial charge in [0.05, 0.1) is 18.3 Å². The molecule has 5 fully saturated rings. The van der Waals surface area contributed by atoms with E-state index in [-0.39, 0.29) is 29.5 Å². The van der Waals surface area contributed by atoms with E-state index >= 15 is 0 Å². The van der Waals surface area contributed by atoms with Gasteiger partial charge in [-0.2, -0.15) is 8.42 Å². The summed E-state index contributed by atoms with van der Waals surface area (Å²) in [5, 5.41) is 0. The molecule has 0 spiro atoms. The Balaban J connectivity index is 1.37. The van der Waals surface area contributed by atoms with Crippen LogP contribution in [-0.4, -0.2) is 32.9 Å². The van der Waals surface area contributed by atoms with E-state index in [4.69, 9.17) is 8.92 Å². The molecule has 4 aliphatic carbocycles. The fourth-order valence-electron chi connectivity index (χ4n) is 9.00. The molecule has 5 rings (SSSR count). The van der Waals surface area contributed by atoms with E-state index in [0.717, 1.165) is 31.6 Å². The minimum atomic E-state index is -3.38. The molecule has 0 unspecified atom stereocenters. The van der Waals surface area contributed by atoms with Crippen molar-refractivity contribution in [2.45, 2.75) is 84.3 Å². The van der Waals surface area contributed by atoms with Gasteiger partial charge < -0.3 is 4.74 Å². The molecule has 0 radical (unpaired) electrons. The van der Waals surface area contributed by atoms with Crippen molar-refractivity contribution >= 4 is 16.1 Å². The van der Waals surface area contributed by atoms with Gasteiger partial charge in [0.15, 0.2) is 0 Å². The number of hydrogen-bond donors (Lipinski definition) is 0. The highest BCUT2D eigenvalue weighted by atomic mass is 32.2. The maximum Gasteiger partial charge on any atom is 0.309 e. The molecule has 0 amide bonds. The first-order chi connectivity index (χ1) is 13.5. The number of ether oxygens (including phenoxy) is 1. The van der Waals surface area contributed by atoms with Crippen molar-refractivity contribution in [3.05, 3.63) is 0 Å². The number of esters is 1. The van der Waals surface area contributed by atoms with E-state index in [2.05, 4.69) is 20.8 Å². The van der Waals surface area contributed by atoms with E-state index in [1.165, 1.54) is 31.9 Å². The molecule has 29 heavy (non-hydrogen) atoms. The van der Waals surface area contributed by atoms with Crippen LogP contribution in [0.2, 0.25) is 0 Å². The van der Waals surface area contributed by atoms with Gasteiger partial charge >= 0.3 is 5.97 Å². The zero-order valence-electron chi connectivity index (χ0n) is 18.2. The topological polar surface area (TPSA) is 69.7 Å². The standard InChI is InChI=1S/C23H36O5S/c1-13-20-19(27-21(13)24)12-18-16-6-5-14-11-15(28-29(4,25)26)7-9-22(14,2)17(16)8-10-23(18,20)3/h13-20H,5-12H2,1-4H3/t13-,14-,15-,16+,17-,18-,19-,20-,22-,23-/m0/s1. The molecule has 10 atom stereocenters. The molecule has 0 N–H and O–H groups in total. The van der Waals surface area contributed by atoms with Crippen LogP contribution in [0, 0.1) is 46.3 Å². The van der Waals surface area contributed by atoms with Crippen molar-refractivity contribution in [1.82, 2.24) is 0 Å². The molecule has 4 saturated carbocycles. The molecular formula is C23H36O5S. The molecule has 1 heterocycles. The average Bonchev–Trinajstić information content (AvgIpc) is 3.07. The van der Waals surface area contributed by atoms with Crippen LogP contribution >= 0.6 is 0 Å². The van der Waals surface area contributed by atoms with Crippen LogP contribution in [-0.2, 0) is 23.8 Å². The predicted octanol–water partition coefficient (Wildman–Crippen LogP) is 4.16. The highest BCUT2D eigenvalue weighted by molar-refractivity contribution is 7.86. The smallest absolute Gasteiger partial charge is 0.309 e. The lowest BCUT2D eigenvalue weighted by Gasteiger charge is -2.61. The van der Waals surface area contributed by atoms with Crippen LogP contribution in [0.25, 0.3) is 0 Å². The Kier molecular flexibility index (Phi) is 4.51. The third-order valence-electron chi connectivity index (χ3n) is 10.2. The fraction of sp³-hybridized carbons (Fsp3) is 0.957. The zero-order valence-corrected chi connectivity index (χ0v) is 19.0. The second kappa shape index (κ2) is 6.44. The number of rotatable bonds is 2. The molecular weight excluding hydrogens is 388 g/mol. The van der Waals surface area contributed by atoms with Crippen LogP contribution in [0.1, 0.15) is 72.1 Å². The molecule has 164 valence electrons. The Bertz CT molecular complexity index is 808. The molecule has 1 aliphatic heterocycles. The van der Waals surface area contributed by atoms with Crippen molar-refractivity contribution in [2.75, 3.05) is 6.26 Å². The lowest BCUT2D eigenvalue weighted by atomic mass is 9.44. The molecule has 1 saturated heterocycles. The van der Waals surface area contributed by atoms with Gasteiger partial charge in [0.2, 0.25) is 0 Å². The summed E-state index contributed by atoms with van der Waals surface area (Å²) >= 11 is 0. The van der Waals surface area contributed by atoms with Gasteiger partial charge in [-0.1, -0.05) is 20.8 Å². The minimum absolute atomic E-state index is 0.0154. The van der Waals surface area contributed by atoms with E-state index in [0.29, 0.717) is 29.1 Å². The van der Waals surface area contributed by atoms with Gasteiger partial charge in [0.25, 0.3) is 10.1 Å². The normalized spacial score (nSPS) is 54.1. The van der Waals surface area contributed by atoms with Gasteiger partial charge in [0.1, 0.15) is 6.10 Å². The van der Waals surface area contributed by atoms with E-state index < -0.39 is 10.1 Å². The molecule has 6 heteroatoms. The summed E-state index contributed by atoms with van der Waals surface area (Å²) in [6, 6.07) is 0. The quantitative estimate of drug-likeness (QED) is 0.492. The Hall–Kier alpha value is -0.620. The summed E-state index contributed by atoms with van der Waals surface area (Å²) in [4.78, 5) is 12.2. The van der Waals surface area contributed by atoms with Crippen molar-refractivity contribution < 1.29 is 22.1 Å². The lowest BCUT2D eigenvalue weighted by molar-refractivity contribution is -0.147. The van der Waals surface area contributed by atoms with Crippen molar-refractivity contribution in [3.63, 3.8) is 0 Å². The Morgan fingerprint density at radius 1 is 1.00 bits per heavy atom. The Morgan fingerprint density at radius 3 is 2.45 bits per heavy atom. The summed E-state index contributed by atoms with van der Waals surface area (Å²) < 4.78 is 34.4. The van der Waals surface area contributed by atoms with Crippen molar-refractivity contribution in [3.8, 4) is 0 Å². The number of carbonyl (C=O) groups excluding carboxylic acids is 1. The van der Waals surface area contributed by atoms with Crippen LogP contribution in [0.3, 0.4) is 0 Å².